The summed E-state index contributed by atoms with van der Waals surface area (Å²) in [4.78, 5) is 27.0. The molecular formula is C25H22FN3O4. The van der Waals surface area contributed by atoms with Crippen molar-refractivity contribution in [2.45, 2.75) is 12.5 Å². The van der Waals surface area contributed by atoms with E-state index in [2.05, 4.69) is 0 Å². The lowest BCUT2D eigenvalue weighted by Crippen LogP contribution is -2.55. The average Bonchev–Trinajstić information content (AvgIpc) is 2.81. The lowest BCUT2D eigenvalue weighted by molar-refractivity contribution is 0.0682. The molecule has 3 heterocycles. The van der Waals surface area contributed by atoms with E-state index in [0.29, 0.717) is 18.5 Å². The number of nitrogens with zero attached hydrogens (tertiary/aromatic N) is 3. The number of rotatable bonds is 1. The molecule has 5 rings (SSSR count). The fraction of sp³-hybridized carbons (Fsp3) is 0.200. The van der Waals surface area contributed by atoms with Crippen molar-refractivity contribution in [2.24, 2.45) is 0 Å². The fourth-order valence-corrected chi connectivity index (χ4v) is 4.35. The minimum absolute atomic E-state index is 0.116. The topological polar surface area (TPSA) is 75.0 Å². The van der Waals surface area contributed by atoms with Gasteiger partial charge in [0.1, 0.15) is 19.3 Å². The van der Waals surface area contributed by atoms with Crippen LogP contribution >= 0.6 is 0 Å². The number of fused-ring (bicyclic) bond motifs is 5. The number of aromatic hydroxyl groups is 1. The zero-order chi connectivity index (χ0) is 22.9. The van der Waals surface area contributed by atoms with E-state index in [1.54, 1.807) is 23.1 Å². The van der Waals surface area contributed by atoms with E-state index < -0.39 is 28.9 Å². The second kappa shape index (κ2) is 8.46. The van der Waals surface area contributed by atoms with E-state index in [0.717, 1.165) is 5.56 Å². The molecule has 3 aromatic rings. The van der Waals surface area contributed by atoms with Crippen LogP contribution in [-0.2, 0) is 0 Å². The third-order valence-electron chi connectivity index (χ3n) is 5.90. The van der Waals surface area contributed by atoms with Gasteiger partial charge in [-0.25, -0.2) is 4.39 Å². The average molecular weight is 447 g/mol. The summed E-state index contributed by atoms with van der Waals surface area (Å²) < 4.78 is 22.3. The molecule has 0 saturated carbocycles. The Bertz CT molecular complexity index is 1290. The number of hydrogen-bond donors (Lipinski definition) is 1. The number of carbonyl (C=O) groups is 1. The van der Waals surface area contributed by atoms with Crippen molar-refractivity contribution >= 4 is 5.91 Å². The van der Waals surface area contributed by atoms with Crippen LogP contribution in [0.3, 0.4) is 0 Å². The molecule has 8 heteroatoms. The molecule has 1 amide bonds. The highest BCUT2D eigenvalue weighted by Crippen LogP contribution is 2.38. The summed E-state index contributed by atoms with van der Waals surface area (Å²) in [7, 11) is 0. The van der Waals surface area contributed by atoms with E-state index in [9.17, 15) is 19.1 Å². The first-order valence-electron chi connectivity index (χ1n) is 10.7. The second-order valence-corrected chi connectivity index (χ2v) is 7.91. The molecule has 2 aliphatic heterocycles. The van der Waals surface area contributed by atoms with Crippen molar-refractivity contribution in [1.29, 1.82) is 0 Å². The maximum atomic E-state index is 15.0. The van der Waals surface area contributed by atoms with Gasteiger partial charge >= 0.3 is 0 Å². The predicted molar refractivity (Wildman–Crippen MR) is 120 cm³/mol. The number of carbonyl (C=O) groups excluding carboxylic acids is 1. The largest absolute Gasteiger partial charge is 0.502 e. The molecule has 1 aromatic heterocycles. The van der Waals surface area contributed by atoms with Crippen molar-refractivity contribution < 1.29 is 19.0 Å². The molecule has 1 atom stereocenters. The molecule has 0 saturated heterocycles. The van der Waals surface area contributed by atoms with E-state index in [1.807, 2.05) is 41.4 Å². The third-order valence-corrected chi connectivity index (χ3v) is 5.90. The van der Waals surface area contributed by atoms with E-state index in [1.165, 1.54) is 23.0 Å². The van der Waals surface area contributed by atoms with Crippen molar-refractivity contribution in [1.82, 2.24) is 9.58 Å². The molecule has 0 fully saturated rings. The Morgan fingerprint density at radius 3 is 2.64 bits per heavy atom. The van der Waals surface area contributed by atoms with Crippen LogP contribution in [0, 0.1) is 5.82 Å². The van der Waals surface area contributed by atoms with E-state index >= 15 is 0 Å². The van der Waals surface area contributed by atoms with Crippen molar-refractivity contribution in [3.63, 3.8) is 0 Å². The maximum Gasteiger partial charge on any atom is 0.277 e. The summed E-state index contributed by atoms with van der Waals surface area (Å²) in [6.45, 7) is 0.733. The Kier molecular flexibility index (Phi) is 5.34. The molecule has 2 bridgehead atoms. The quantitative estimate of drug-likeness (QED) is 0.580. The Balaban J connectivity index is 1.80. The summed E-state index contributed by atoms with van der Waals surface area (Å²) in [6.07, 6.45) is 5.66. The van der Waals surface area contributed by atoms with Gasteiger partial charge in [-0.2, -0.15) is 0 Å². The number of halogens is 1. The van der Waals surface area contributed by atoms with Crippen LogP contribution in [-0.4, -0.2) is 40.4 Å². The number of pyridine rings is 1. The fourth-order valence-electron chi connectivity index (χ4n) is 4.35. The monoisotopic (exact) mass is 447 g/mol. The molecular weight excluding hydrogens is 425 g/mol. The van der Waals surface area contributed by atoms with Crippen LogP contribution in [0.4, 0.5) is 4.39 Å². The lowest BCUT2D eigenvalue weighted by atomic mass is 9.96. The number of amides is 1. The summed E-state index contributed by atoms with van der Waals surface area (Å²) in [5.41, 5.74) is 0.644. The molecule has 33 heavy (non-hydrogen) atoms. The van der Waals surface area contributed by atoms with Crippen molar-refractivity contribution in [3.8, 4) is 11.5 Å². The van der Waals surface area contributed by atoms with Gasteiger partial charge in [-0.1, -0.05) is 54.6 Å². The summed E-state index contributed by atoms with van der Waals surface area (Å²) in [5, 5.41) is 12.4. The van der Waals surface area contributed by atoms with Gasteiger partial charge in [0.05, 0.1) is 0 Å². The maximum absolute atomic E-state index is 15.0. The summed E-state index contributed by atoms with van der Waals surface area (Å²) in [5.74, 6) is -1.42. The van der Waals surface area contributed by atoms with E-state index in [4.69, 9.17) is 4.74 Å². The first-order chi connectivity index (χ1) is 16.1. The van der Waals surface area contributed by atoms with Gasteiger partial charge in [0.15, 0.2) is 23.0 Å². The highest BCUT2D eigenvalue weighted by molar-refractivity contribution is 5.96. The standard InChI is InChI=1S/C25H22FN3O4/c26-19-11-7-10-18-21(17-8-3-1-4-9-17)29-16-27(13-5-2-6-15-33-24(18)19)25(32)22-23(31)20(30)12-14-28(22)29/h1-4,6-12,14,21,31H,5,13,15-16H2/t21-/m0/s1. The Hall–Kier alpha value is -4.07. The van der Waals surface area contributed by atoms with Gasteiger partial charge in [0.25, 0.3) is 5.91 Å². The number of para-hydroxylation sites is 1. The molecule has 2 aromatic carbocycles. The zero-order valence-electron chi connectivity index (χ0n) is 17.7. The smallest absolute Gasteiger partial charge is 0.277 e. The van der Waals surface area contributed by atoms with Gasteiger partial charge in [-0.15, -0.1) is 0 Å². The molecule has 2 aliphatic rings. The molecule has 0 aliphatic carbocycles. The van der Waals surface area contributed by atoms with Gasteiger partial charge in [0, 0.05) is 24.4 Å². The van der Waals surface area contributed by atoms with Crippen LogP contribution in [0.25, 0.3) is 0 Å². The molecule has 0 radical (unpaired) electrons. The minimum atomic E-state index is -0.636. The highest BCUT2D eigenvalue weighted by atomic mass is 19.1. The molecule has 168 valence electrons. The second-order valence-electron chi connectivity index (χ2n) is 7.91. The number of benzene rings is 2. The first kappa shape index (κ1) is 20.8. The number of hydrogen-bond acceptors (Lipinski definition) is 5. The SMILES string of the molecule is O=C1c2c(O)c(=O)ccn2N2CN1CCC=CCOc1c(F)cccc1[C@@H]2c1ccccc1. The third kappa shape index (κ3) is 3.63. The normalized spacial score (nSPS) is 18.0. The Labute approximate surface area is 189 Å². The van der Waals surface area contributed by atoms with Crippen LogP contribution in [0.15, 0.2) is 77.7 Å². The number of aromatic nitrogens is 1. The molecule has 7 nitrogen and oxygen atoms in total. The van der Waals surface area contributed by atoms with Gasteiger partial charge in [0.2, 0.25) is 5.43 Å². The predicted octanol–water partition coefficient (Wildman–Crippen LogP) is 3.17. The number of ether oxygens (including phenoxy) is 1. The van der Waals surface area contributed by atoms with Crippen LogP contribution in [0.1, 0.15) is 34.1 Å². The van der Waals surface area contributed by atoms with Crippen LogP contribution < -0.4 is 15.2 Å². The van der Waals surface area contributed by atoms with Crippen molar-refractivity contribution in [2.75, 3.05) is 24.8 Å². The summed E-state index contributed by atoms with van der Waals surface area (Å²) in [6, 6.07) is 14.9. The lowest BCUT2D eigenvalue weighted by Gasteiger charge is -2.44. The van der Waals surface area contributed by atoms with Crippen molar-refractivity contribution in [3.05, 3.63) is 106 Å². The summed E-state index contributed by atoms with van der Waals surface area (Å²) >= 11 is 0. The Morgan fingerprint density at radius 1 is 1.00 bits per heavy atom. The Morgan fingerprint density at radius 2 is 1.82 bits per heavy atom. The van der Waals surface area contributed by atoms with Crippen LogP contribution in [0.2, 0.25) is 0 Å². The van der Waals surface area contributed by atoms with E-state index in [-0.39, 0.29) is 24.7 Å². The molecule has 1 N–H and O–H groups in total. The van der Waals surface area contributed by atoms with Gasteiger partial charge < -0.3 is 14.7 Å². The van der Waals surface area contributed by atoms with Gasteiger partial charge in [-0.05, 0) is 18.1 Å². The first-order valence-corrected chi connectivity index (χ1v) is 10.7. The van der Waals surface area contributed by atoms with Crippen LogP contribution in [0.5, 0.6) is 11.5 Å². The molecule has 0 spiro atoms. The highest BCUT2D eigenvalue weighted by Gasteiger charge is 2.37. The van der Waals surface area contributed by atoms with Gasteiger partial charge in [-0.3, -0.25) is 19.3 Å². The molecule has 0 unspecified atom stereocenters. The zero-order valence-corrected chi connectivity index (χ0v) is 17.7. The minimum Gasteiger partial charge on any atom is -0.502 e.